The minimum atomic E-state index is -0.541. The maximum Gasteiger partial charge on any atom is 0.338 e. The Labute approximate surface area is 153 Å². The number of carbonyl (C=O) groups is 2. The van der Waals surface area contributed by atoms with Gasteiger partial charge in [0.1, 0.15) is 17.3 Å². The van der Waals surface area contributed by atoms with E-state index in [4.69, 9.17) is 4.74 Å². The molecule has 2 aromatic heterocycles. The number of hydrogen-bond acceptors (Lipinski definition) is 6. The number of nitrogens with one attached hydrogen (secondary N) is 2. The van der Waals surface area contributed by atoms with Crippen molar-refractivity contribution in [2.24, 2.45) is 0 Å². The number of nitrogens with zero attached hydrogens (tertiary/aromatic N) is 1. The number of aromatic amines is 1. The fraction of sp³-hybridized carbons (Fsp3) is 0.222. The van der Waals surface area contributed by atoms with Crippen LogP contribution in [0, 0.1) is 13.8 Å². The third-order valence-corrected chi connectivity index (χ3v) is 4.97. The molecule has 134 valence electrons. The standard InChI is InChI=1S/C18H17N3O4S/c1-9-10(2)26-17-15(9)16(23)20-14(21-17)8-25-18(24)12-4-6-13(7-5-12)19-11(3)22/h4-7H,8H2,1-3H3,(H,19,22)(H,20,21,23). The first-order chi connectivity index (χ1) is 12.3. The van der Waals surface area contributed by atoms with Crippen LogP contribution in [0.2, 0.25) is 0 Å². The van der Waals surface area contributed by atoms with Crippen LogP contribution in [0.25, 0.3) is 10.2 Å². The van der Waals surface area contributed by atoms with E-state index in [1.807, 2.05) is 13.8 Å². The zero-order chi connectivity index (χ0) is 18.8. The van der Waals surface area contributed by atoms with E-state index in [9.17, 15) is 14.4 Å². The molecule has 0 fully saturated rings. The van der Waals surface area contributed by atoms with Gasteiger partial charge in [0.25, 0.3) is 5.56 Å². The summed E-state index contributed by atoms with van der Waals surface area (Å²) in [5, 5.41) is 3.20. The summed E-state index contributed by atoms with van der Waals surface area (Å²) in [5.41, 5.74) is 1.61. The average molecular weight is 371 g/mol. The Kier molecular flexibility index (Phi) is 4.85. The van der Waals surface area contributed by atoms with Crippen molar-refractivity contribution in [1.29, 1.82) is 0 Å². The highest BCUT2D eigenvalue weighted by molar-refractivity contribution is 7.18. The Hall–Kier alpha value is -3.00. The van der Waals surface area contributed by atoms with Gasteiger partial charge in [0, 0.05) is 17.5 Å². The highest BCUT2D eigenvalue weighted by Gasteiger charge is 2.13. The molecule has 7 nitrogen and oxygen atoms in total. The fourth-order valence-electron chi connectivity index (χ4n) is 2.48. The lowest BCUT2D eigenvalue weighted by atomic mass is 10.2. The molecule has 2 heterocycles. The van der Waals surface area contributed by atoms with E-state index >= 15 is 0 Å². The summed E-state index contributed by atoms with van der Waals surface area (Å²) >= 11 is 1.44. The van der Waals surface area contributed by atoms with Gasteiger partial charge in [-0.15, -0.1) is 11.3 Å². The smallest absolute Gasteiger partial charge is 0.338 e. The minimum absolute atomic E-state index is 0.131. The van der Waals surface area contributed by atoms with Crippen molar-refractivity contribution in [3.05, 3.63) is 56.4 Å². The number of amides is 1. The summed E-state index contributed by atoms with van der Waals surface area (Å²) in [5.74, 6) is -0.433. The van der Waals surface area contributed by atoms with Gasteiger partial charge in [-0.3, -0.25) is 9.59 Å². The first-order valence-corrected chi connectivity index (χ1v) is 8.70. The van der Waals surface area contributed by atoms with Crippen LogP contribution in [0.3, 0.4) is 0 Å². The molecule has 0 atom stereocenters. The summed E-state index contributed by atoms with van der Waals surface area (Å²) in [6.07, 6.45) is 0. The van der Waals surface area contributed by atoms with Crippen molar-refractivity contribution in [3.8, 4) is 0 Å². The molecule has 0 saturated heterocycles. The van der Waals surface area contributed by atoms with E-state index in [1.54, 1.807) is 24.3 Å². The second-order valence-electron chi connectivity index (χ2n) is 5.81. The molecule has 3 rings (SSSR count). The number of ether oxygens (including phenoxy) is 1. The van der Waals surface area contributed by atoms with E-state index < -0.39 is 5.97 Å². The number of anilines is 1. The maximum absolute atomic E-state index is 12.2. The van der Waals surface area contributed by atoms with E-state index in [-0.39, 0.29) is 18.1 Å². The summed E-state index contributed by atoms with van der Waals surface area (Å²) in [7, 11) is 0. The van der Waals surface area contributed by atoms with Gasteiger partial charge in [-0.1, -0.05) is 0 Å². The quantitative estimate of drug-likeness (QED) is 0.687. The number of thiophene rings is 1. The number of rotatable bonds is 4. The highest BCUT2D eigenvalue weighted by Crippen LogP contribution is 2.25. The van der Waals surface area contributed by atoms with Gasteiger partial charge in [-0.05, 0) is 43.7 Å². The van der Waals surface area contributed by atoms with Gasteiger partial charge in [0.05, 0.1) is 10.9 Å². The topological polar surface area (TPSA) is 101 Å². The van der Waals surface area contributed by atoms with Gasteiger partial charge in [-0.25, -0.2) is 9.78 Å². The van der Waals surface area contributed by atoms with Crippen molar-refractivity contribution < 1.29 is 14.3 Å². The van der Waals surface area contributed by atoms with E-state index in [2.05, 4.69) is 15.3 Å². The van der Waals surface area contributed by atoms with Crippen LogP contribution in [-0.2, 0) is 16.1 Å². The second-order valence-corrected chi connectivity index (χ2v) is 7.01. The second kappa shape index (κ2) is 7.09. The zero-order valence-electron chi connectivity index (χ0n) is 14.5. The number of esters is 1. The number of H-pyrrole nitrogens is 1. The summed E-state index contributed by atoms with van der Waals surface area (Å²) in [6.45, 7) is 5.09. The van der Waals surface area contributed by atoms with Gasteiger partial charge in [0.2, 0.25) is 5.91 Å². The van der Waals surface area contributed by atoms with Crippen LogP contribution in [-0.4, -0.2) is 21.8 Å². The molecule has 1 aromatic carbocycles. The molecular weight excluding hydrogens is 354 g/mol. The van der Waals surface area contributed by atoms with Crippen molar-refractivity contribution in [3.63, 3.8) is 0 Å². The molecule has 2 N–H and O–H groups in total. The third kappa shape index (κ3) is 3.65. The van der Waals surface area contributed by atoms with Crippen LogP contribution in [0.4, 0.5) is 5.69 Å². The molecule has 0 aliphatic carbocycles. The number of carbonyl (C=O) groups excluding carboxylic acids is 2. The van der Waals surface area contributed by atoms with Gasteiger partial charge in [-0.2, -0.15) is 0 Å². The van der Waals surface area contributed by atoms with E-state index in [0.29, 0.717) is 27.3 Å². The first-order valence-electron chi connectivity index (χ1n) is 7.89. The molecule has 0 radical (unpaired) electrons. The Bertz CT molecular complexity index is 1050. The third-order valence-electron chi connectivity index (χ3n) is 3.87. The normalized spacial score (nSPS) is 10.7. The molecule has 26 heavy (non-hydrogen) atoms. The van der Waals surface area contributed by atoms with Crippen LogP contribution >= 0.6 is 11.3 Å². The average Bonchev–Trinajstić information content (AvgIpc) is 2.87. The zero-order valence-corrected chi connectivity index (χ0v) is 15.3. The first kappa shape index (κ1) is 17.8. The molecule has 0 aliphatic rings. The molecule has 0 bridgehead atoms. The Morgan fingerprint density at radius 2 is 1.92 bits per heavy atom. The van der Waals surface area contributed by atoms with E-state index in [0.717, 1.165) is 10.4 Å². The number of fused-ring (bicyclic) bond motifs is 1. The van der Waals surface area contributed by atoms with Crippen LogP contribution in [0.5, 0.6) is 0 Å². The Morgan fingerprint density at radius 3 is 2.58 bits per heavy atom. The molecule has 0 spiro atoms. The Morgan fingerprint density at radius 1 is 1.23 bits per heavy atom. The maximum atomic E-state index is 12.2. The molecular formula is C18H17N3O4S. The number of benzene rings is 1. The molecule has 0 aliphatic heterocycles. The largest absolute Gasteiger partial charge is 0.454 e. The van der Waals surface area contributed by atoms with Gasteiger partial charge >= 0.3 is 5.97 Å². The lowest BCUT2D eigenvalue weighted by Gasteiger charge is -2.06. The summed E-state index contributed by atoms with van der Waals surface area (Å²) < 4.78 is 5.22. The molecule has 1 amide bonds. The van der Waals surface area contributed by atoms with Crippen LogP contribution < -0.4 is 10.9 Å². The van der Waals surface area contributed by atoms with E-state index in [1.165, 1.54) is 18.3 Å². The molecule has 0 unspecified atom stereocenters. The number of aromatic nitrogens is 2. The van der Waals surface area contributed by atoms with Crippen molar-refractivity contribution in [2.45, 2.75) is 27.4 Å². The molecule has 0 saturated carbocycles. The van der Waals surface area contributed by atoms with Crippen molar-refractivity contribution in [1.82, 2.24) is 9.97 Å². The SMILES string of the molecule is CC(=O)Nc1ccc(C(=O)OCc2nc3sc(C)c(C)c3c(=O)[nH]2)cc1. The summed E-state index contributed by atoms with van der Waals surface area (Å²) in [4.78, 5) is 44.0. The van der Waals surface area contributed by atoms with Gasteiger partial charge < -0.3 is 15.0 Å². The predicted octanol–water partition coefficient (Wildman–Crippen LogP) is 2.92. The van der Waals surface area contributed by atoms with Crippen molar-refractivity contribution >= 4 is 39.1 Å². The Balaban J connectivity index is 1.72. The molecule has 3 aromatic rings. The lowest BCUT2D eigenvalue weighted by Crippen LogP contribution is -2.14. The van der Waals surface area contributed by atoms with Crippen LogP contribution in [0.1, 0.15) is 33.5 Å². The molecule has 8 heteroatoms. The van der Waals surface area contributed by atoms with Crippen LogP contribution in [0.15, 0.2) is 29.1 Å². The monoisotopic (exact) mass is 371 g/mol. The minimum Gasteiger partial charge on any atom is -0.454 e. The predicted molar refractivity (Wildman–Crippen MR) is 99.6 cm³/mol. The lowest BCUT2D eigenvalue weighted by molar-refractivity contribution is -0.114. The highest BCUT2D eigenvalue weighted by atomic mass is 32.1. The summed E-state index contributed by atoms with van der Waals surface area (Å²) in [6, 6.07) is 6.33. The fourth-order valence-corrected chi connectivity index (χ4v) is 3.53. The number of aryl methyl sites for hydroxylation is 2. The van der Waals surface area contributed by atoms with Crippen molar-refractivity contribution in [2.75, 3.05) is 5.32 Å². The van der Waals surface area contributed by atoms with Gasteiger partial charge in [0.15, 0.2) is 0 Å². The number of hydrogen-bond donors (Lipinski definition) is 2.